The number of amides is 1. The number of rotatable bonds is 7. The van der Waals surface area contributed by atoms with Crippen LogP contribution in [0.4, 0.5) is 0 Å². The molecule has 0 N–H and O–H groups in total. The van der Waals surface area contributed by atoms with E-state index in [0.29, 0.717) is 25.5 Å². The summed E-state index contributed by atoms with van der Waals surface area (Å²) >= 11 is 1.44. The average molecular weight is 258 g/mol. The van der Waals surface area contributed by atoms with Crippen molar-refractivity contribution in [1.29, 1.82) is 0 Å². The minimum Gasteiger partial charge on any atom is -0.385 e. The van der Waals surface area contributed by atoms with Crippen molar-refractivity contribution in [3.05, 3.63) is 16.1 Å². The molecule has 0 aromatic carbocycles. The third-order valence-corrected chi connectivity index (χ3v) is 3.05. The molecule has 1 aromatic heterocycles. The number of nitrogens with zero attached hydrogens (tertiary/aromatic N) is 2. The highest BCUT2D eigenvalue weighted by Crippen LogP contribution is 2.12. The molecule has 0 fully saturated rings. The fourth-order valence-corrected chi connectivity index (χ4v) is 2.08. The highest BCUT2D eigenvalue weighted by molar-refractivity contribution is 7.09. The molecule has 0 saturated carbocycles. The predicted octanol–water partition coefficient (Wildman–Crippen LogP) is 1.40. The third-order valence-electron chi connectivity index (χ3n) is 2.23. The monoisotopic (exact) mass is 258 g/mol. The number of ether oxygens (including phenoxy) is 2. The van der Waals surface area contributed by atoms with Gasteiger partial charge in [0, 0.05) is 39.8 Å². The topological polar surface area (TPSA) is 51.7 Å². The minimum atomic E-state index is -0.0558. The molecule has 5 nitrogen and oxygen atoms in total. The Morgan fingerprint density at radius 1 is 1.47 bits per heavy atom. The van der Waals surface area contributed by atoms with E-state index in [9.17, 15) is 4.79 Å². The number of carbonyl (C=O) groups is 1. The summed E-state index contributed by atoms with van der Waals surface area (Å²) in [5.74, 6) is -0.0558. The fourth-order valence-electron chi connectivity index (χ4n) is 1.34. The Hall–Kier alpha value is -0.980. The lowest BCUT2D eigenvalue weighted by molar-refractivity contribution is 0.0773. The normalized spacial score (nSPS) is 10.5. The van der Waals surface area contributed by atoms with Gasteiger partial charge in [-0.05, 0) is 6.42 Å². The summed E-state index contributed by atoms with van der Waals surface area (Å²) in [6, 6.07) is 0. The summed E-state index contributed by atoms with van der Waals surface area (Å²) in [7, 11) is 5.03. The van der Waals surface area contributed by atoms with Gasteiger partial charge in [-0.25, -0.2) is 4.98 Å². The zero-order chi connectivity index (χ0) is 12.7. The average Bonchev–Trinajstić information content (AvgIpc) is 2.77. The molecule has 0 saturated heterocycles. The maximum absolute atomic E-state index is 11.9. The molecular weight excluding hydrogens is 240 g/mol. The van der Waals surface area contributed by atoms with Crippen molar-refractivity contribution in [2.45, 2.75) is 13.0 Å². The van der Waals surface area contributed by atoms with E-state index in [-0.39, 0.29) is 5.91 Å². The molecule has 1 amide bonds. The summed E-state index contributed by atoms with van der Waals surface area (Å²) in [5.41, 5.74) is 0.488. The molecule has 1 aromatic rings. The van der Waals surface area contributed by atoms with E-state index in [1.165, 1.54) is 11.3 Å². The molecule has 17 heavy (non-hydrogen) atoms. The third kappa shape index (κ3) is 4.41. The van der Waals surface area contributed by atoms with Crippen molar-refractivity contribution in [3.8, 4) is 0 Å². The van der Waals surface area contributed by atoms with E-state index in [4.69, 9.17) is 9.47 Å². The number of hydrogen-bond acceptors (Lipinski definition) is 5. The Labute approximate surface area is 105 Å². The first-order valence-corrected chi connectivity index (χ1v) is 6.24. The maximum atomic E-state index is 11.9. The van der Waals surface area contributed by atoms with Gasteiger partial charge < -0.3 is 14.4 Å². The molecule has 96 valence electrons. The zero-order valence-electron chi connectivity index (χ0n) is 10.4. The molecule has 0 aliphatic carbocycles. The van der Waals surface area contributed by atoms with Gasteiger partial charge in [0.25, 0.3) is 5.91 Å². The first-order valence-electron chi connectivity index (χ1n) is 5.36. The fraction of sp³-hybridized carbons (Fsp3) is 0.636. The van der Waals surface area contributed by atoms with Crippen LogP contribution < -0.4 is 0 Å². The van der Waals surface area contributed by atoms with Crippen molar-refractivity contribution in [1.82, 2.24) is 9.88 Å². The van der Waals surface area contributed by atoms with Gasteiger partial charge in [-0.15, -0.1) is 11.3 Å². The largest absolute Gasteiger partial charge is 0.385 e. The molecule has 1 rings (SSSR count). The van der Waals surface area contributed by atoms with Crippen LogP contribution in [0.3, 0.4) is 0 Å². The summed E-state index contributed by atoms with van der Waals surface area (Å²) in [5, 5.41) is 2.59. The minimum absolute atomic E-state index is 0.0558. The van der Waals surface area contributed by atoms with Crippen LogP contribution in [0, 0.1) is 0 Å². The van der Waals surface area contributed by atoms with Crippen molar-refractivity contribution in [3.63, 3.8) is 0 Å². The van der Waals surface area contributed by atoms with Crippen LogP contribution in [0.5, 0.6) is 0 Å². The quantitative estimate of drug-likeness (QED) is 0.694. The maximum Gasteiger partial charge on any atom is 0.273 e. The van der Waals surface area contributed by atoms with Gasteiger partial charge in [-0.3, -0.25) is 4.79 Å². The standard InChI is InChI=1S/C11H18N2O3S/c1-13(5-4-6-15-2)11(14)9-8-17-10(12-9)7-16-3/h8H,4-7H2,1-3H3. The van der Waals surface area contributed by atoms with Crippen molar-refractivity contribution >= 4 is 17.2 Å². The Bertz CT molecular complexity index is 354. The molecule has 0 spiro atoms. The first kappa shape index (κ1) is 14.1. The summed E-state index contributed by atoms with van der Waals surface area (Å²) < 4.78 is 9.91. The van der Waals surface area contributed by atoms with Crippen molar-refractivity contribution in [2.75, 3.05) is 34.4 Å². The molecule has 0 unspecified atom stereocenters. The van der Waals surface area contributed by atoms with Gasteiger partial charge in [0.1, 0.15) is 10.7 Å². The number of aromatic nitrogens is 1. The summed E-state index contributed by atoms with van der Waals surface area (Å²) in [6.07, 6.45) is 0.827. The van der Waals surface area contributed by atoms with E-state index in [2.05, 4.69) is 4.98 Å². The van der Waals surface area contributed by atoms with Gasteiger partial charge in [-0.2, -0.15) is 0 Å². The van der Waals surface area contributed by atoms with Gasteiger partial charge in [-0.1, -0.05) is 0 Å². The second-order valence-electron chi connectivity index (χ2n) is 3.63. The van der Waals surface area contributed by atoms with Crippen molar-refractivity contribution < 1.29 is 14.3 Å². The lowest BCUT2D eigenvalue weighted by Crippen LogP contribution is -2.28. The number of hydrogen-bond donors (Lipinski definition) is 0. The van der Waals surface area contributed by atoms with Gasteiger partial charge in [0.15, 0.2) is 0 Å². The highest BCUT2D eigenvalue weighted by Gasteiger charge is 2.14. The van der Waals surface area contributed by atoms with Gasteiger partial charge >= 0.3 is 0 Å². The Balaban J connectivity index is 2.49. The van der Waals surface area contributed by atoms with E-state index in [1.54, 1.807) is 31.5 Å². The number of thiazole rings is 1. The molecule has 0 aliphatic rings. The van der Waals surface area contributed by atoms with Crippen LogP contribution in [0.25, 0.3) is 0 Å². The van der Waals surface area contributed by atoms with Crippen LogP contribution in [0.15, 0.2) is 5.38 Å². The molecule has 0 aliphatic heterocycles. The van der Waals surface area contributed by atoms with Gasteiger partial charge in [0.05, 0.1) is 6.61 Å². The highest BCUT2D eigenvalue weighted by atomic mass is 32.1. The lowest BCUT2D eigenvalue weighted by Gasteiger charge is -2.15. The number of carbonyl (C=O) groups excluding carboxylic acids is 1. The molecule has 0 atom stereocenters. The second-order valence-corrected chi connectivity index (χ2v) is 4.58. The molecule has 1 heterocycles. The van der Waals surface area contributed by atoms with E-state index in [0.717, 1.165) is 11.4 Å². The van der Waals surface area contributed by atoms with Crippen LogP contribution in [-0.2, 0) is 16.1 Å². The van der Waals surface area contributed by atoms with Crippen LogP contribution in [-0.4, -0.2) is 50.2 Å². The lowest BCUT2D eigenvalue weighted by atomic mass is 10.3. The predicted molar refractivity (Wildman–Crippen MR) is 66.3 cm³/mol. The zero-order valence-corrected chi connectivity index (χ0v) is 11.2. The molecular formula is C11H18N2O3S. The van der Waals surface area contributed by atoms with Gasteiger partial charge in [0.2, 0.25) is 0 Å². The molecule has 0 bridgehead atoms. The first-order chi connectivity index (χ1) is 8.19. The van der Waals surface area contributed by atoms with Crippen LogP contribution >= 0.6 is 11.3 Å². The van der Waals surface area contributed by atoms with E-state index in [1.807, 2.05) is 0 Å². The smallest absolute Gasteiger partial charge is 0.273 e. The van der Waals surface area contributed by atoms with Crippen LogP contribution in [0.2, 0.25) is 0 Å². The second kappa shape index (κ2) is 7.37. The molecule has 6 heteroatoms. The number of methoxy groups -OCH3 is 2. The summed E-state index contributed by atoms with van der Waals surface area (Å²) in [4.78, 5) is 17.8. The van der Waals surface area contributed by atoms with Crippen LogP contribution in [0.1, 0.15) is 21.9 Å². The Morgan fingerprint density at radius 3 is 2.88 bits per heavy atom. The summed E-state index contributed by atoms with van der Waals surface area (Å²) in [6.45, 7) is 1.78. The van der Waals surface area contributed by atoms with E-state index >= 15 is 0 Å². The SMILES string of the molecule is COCCCN(C)C(=O)c1csc(COC)n1. The van der Waals surface area contributed by atoms with Crippen molar-refractivity contribution in [2.24, 2.45) is 0 Å². The van der Waals surface area contributed by atoms with E-state index < -0.39 is 0 Å². The Morgan fingerprint density at radius 2 is 2.24 bits per heavy atom. The molecule has 0 radical (unpaired) electrons. The Kier molecular flexibility index (Phi) is 6.10.